The lowest BCUT2D eigenvalue weighted by Crippen LogP contribution is -2.47. The van der Waals surface area contributed by atoms with Crippen LogP contribution in [0.2, 0.25) is 0 Å². The first-order valence-corrected chi connectivity index (χ1v) is 8.10. The molecule has 1 aromatic rings. The van der Waals surface area contributed by atoms with Crippen molar-refractivity contribution in [3.8, 4) is 0 Å². The van der Waals surface area contributed by atoms with Crippen molar-refractivity contribution in [1.82, 2.24) is 9.62 Å². The number of sulfonamides is 1. The molecule has 2 rings (SSSR count). The van der Waals surface area contributed by atoms with Crippen molar-refractivity contribution in [2.45, 2.75) is 23.8 Å². The molecule has 1 aromatic carbocycles. The molecule has 7 nitrogen and oxygen atoms in total. The molecule has 2 amide bonds. The number of benzene rings is 1. The number of rotatable bonds is 5. The maximum Gasteiger partial charge on any atom is 0.246 e. The second-order valence-electron chi connectivity index (χ2n) is 4.89. The fraction of sp³-hybridized carbons (Fsp3) is 0.385. The van der Waals surface area contributed by atoms with Crippen molar-refractivity contribution in [3.05, 3.63) is 30.1 Å². The zero-order chi connectivity index (χ0) is 16.3. The van der Waals surface area contributed by atoms with Crippen molar-refractivity contribution in [3.63, 3.8) is 0 Å². The Morgan fingerprint density at radius 2 is 2.05 bits per heavy atom. The van der Waals surface area contributed by atoms with Crippen LogP contribution in [0.15, 0.2) is 29.2 Å². The van der Waals surface area contributed by atoms with Gasteiger partial charge >= 0.3 is 0 Å². The maximum atomic E-state index is 13.8. The summed E-state index contributed by atoms with van der Waals surface area (Å²) in [6, 6.07) is 4.03. The molecule has 0 aliphatic carbocycles. The summed E-state index contributed by atoms with van der Waals surface area (Å²) in [6.45, 7) is -0.256. The molecule has 1 saturated heterocycles. The van der Waals surface area contributed by atoms with Crippen LogP contribution in [0.3, 0.4) is 0 Å². The Hall–Kier alpha value is -2.00. The van der Waals surface area contributed by atoms with E-state index < -0.39 is 38.6 Å². The van der Waals surface area contributed by atoms with Gasteiger partial charge in [-0.25, -0.2) is 12.8 Å². The largest absolute Gasteiger partial charge is 0.368 e. The average molecular weight is 329 g/mol. The van der Waals surface area contributed by atoms with E-state index >= 15 is 0 Å². The molecular weight excluding hydrogens is 313 g/mol. The topological polar surface area (TPSA) is 110 Å². The van der Waals surface area contributed by atoms with Crippen LogP contribution in [0, 0.1) is 5.82 Å². The van der Waals surface area contributed by atoms with Crippen LogP contribution in [0.25, 0.3) is 0 Å². The molecule has 1 atom stereocenters. The molecule has 1 aliphatic rings. The van der Waals surface area contributed by atoms with Gasteiger partial charge in [0.15, 0.2) is 0 Å². The standard InChI is InChI=1S/C13H16FN3O4S/c14-9-4-1-2-6-11(9)22(20,21)17-7-3-5-10(17)13(19)16-8-12(15)18/h1-2,4,6,10H,3,5,7-8H2,(H2,15,18)(H,16,19). The summed E-state index contributed by atoms with van der Waals surface area (Å²) < 4.78 is 39.8. The Balaban J connectivity index is 2.25. The van der Waals surface area contributed by atoms with Crippen LogP contribution in [-0.2, 0) is 19.6 Å². The Kier molecular flexibility index (Phi) is 4.77. The van der Waals surface area contributed by atoms with Gasteiger partial charge in [0.25, 0.3) is 0 Å². The molecular formula is C13H16FN3O4S. The highest BCUT2D eigenvalue weighted by atomic mass is 32.2. The van der Waals surface area contributed by atoms with Gasteiger partial charge in [-0.15, -0.1) is 0 Å². The van der Waals surface area contributed by atoms with E-state index in [1.165, 1.54) is 12.1 Å². The summed E-state index contributed by atoms with van der Waals surface area (Å²) in [5.74, 6) is -2.21. The molecule has 0 saturated carbocycles. The van der Waals surface area contributed by atoms with Crippen molar-refractivity contribution >= 4 is 21.8 Å². The number of nitrogens with one attached hydrogen (secondary N) is 1. The molecule has 1 aliphatic heterocycles. The second-order valence-corrected chi connectivity index (χ2v) is 6.75. The number of halogens is 1. The third kappa shape index (κ3) is 3.25. The van der Waals surface area contributed by atoms with Gasteiger partial charge in [-0.3, -0.25) is 9.59 Å². The SMILES string of the molecule is NC(=O)CNC(=O)C1CCCN1S(=O)(=O)c1ccccc1F. The monoisotopic (exact) mass is 329 g/mol. The van der Waals surface area contributed by atoms with Crippen molar-refractivity contribution in [2.24, 2.45) is 5.73 Å². The van der Waals surface area contributed by atoms with E-state index in [4.69, 9.17) is 5.73 Å². The van der Waals surface area contributed by atoms with E-state index in [0.29, 0.717) is 12.8 Å². The fourth-order valence-corrected chi connectivity index (χ4v) is 4.09. The predicted octanol–water partition coefficient (Wildman–Crippen LogP) is -0.420. The molecule has 0 aromatic heterocycles. The van der Waals surface area contributed by atoms with Crippen LogP contribution < -0.4 is 11.1 Å². The number of amides is 2. The van der Waals surface area contributed by atoms with Crippen molar-refractivity contribution in [2.75, 3.05) is 13.1 Å². The molecule has 0 spiro atoms. The van der Waals surface area contributed by atoms with Gasteiger partial charge in [-0.2, -0.15) is 4.31 Å². The Morgan fingerprint density at radius 3 is 2.68 bits per heavy atom. The fourth-order valence-electron chi connectivity index (χ4n) is 2.36. The highest BCUT2D eigenvalue weighted by Crippen LogP contribution is 2.27. The Labute approximate surface area is 127 Å². The van der Waals surface area contributed by atoms with Crippen LogP contribution in [0.5, 0.6) is 0 Å². The minimum atomic E-state index is -4.12. The number of nitrogens with two attached hydrogens (primary N) is 1. The lowest BCUT2D eigenvalue weighted by atomic mass is 10.2. The number of carbonyl (C=O) groups is 2. The minimum Gasteiger partial charge on any atom is -0.368 e. The van der Waals surface area contributed by atoms with E-state index in [2.05, 4.69) is 5.32 Å². The first kappa shape index (κ1) is 16.4. The van der Waals surface area contributed by atoms with Gasteiger partial charge in [0, 0.05) is 6.54 Å². The summed E-state index contributed by atoms with van der Waals surface area (Å²) in [6.07, 6.45) is 0.778. The third-order valence-corrected chi connectivity index (χ3v) is 5.31. The zero-order valence-corrected chi connectivity index (χ0v) is 12.5. The number of primary amides is 1. The highest BCUT2D eigenvalue weighted by molar-refractivity contribution is 7.89. The molecule has 1 unspecified atom stereocenters. The van der Waals surface area contributed by atoms with E-state index in [1.807, 2.05) is 0 Å². The van der Waals surface area contributed by atoms with Crippen LogP contribution in [0.1, 0.15) is 12.8 Å². The van der Waals surface area contributed by atoms with E-state index in [1.54, 1.807) is 0 Å². The smallest absolute Gasteiger partial charge is 0.246 e. The summed E-state index contributed by atoms with van der Waals surface area (Å²) in [5, 5.41) is 2.28. The number of hydrogen-bond donors (Lipinski definition) is 2. The average Bonchev–Trinajstić information content (AvgIpc) is 2.95. The van der Waals surface area contributed by atoms with Gasteiger partial charge in [-0.1, -0.05) is 12.1 Å². The summed E-state index contributed by atoms with van der Waals surface area (Å²) in [5.41, 5.74) is 4.94. The van der Waals surface area contributed by atoms with Gasteiger partial charge in [-0.05, 0) is 25.0 Å². The maximum absolute atomic E-state index is 13.8. The summed E-state index contributed by atoms with van der Waals surface area (Å²) >= 11 is 0. The molecule has 0 bridgehead atoms. The molecule has 9 heteroatoms. The van der Waals surface area contributed by atoms with Crippen LogP contribution in [0.4, 0.5) is 4.39 Å². The van der Waals surface area contributed by atoms with Crippen LogP contribution in [-0.4, -0.2) is 43.7 Å². The molecule has 0 radical (unpaired) electrons. The summed E-state index contributed by atoms with van der Waals surface area (Å²) in [4.78, 5) is 22.2. The van der Waals surface area contributed by atoms with Gasteiger partial charge in [0.1, 0.15) is 16.8 Å². The first-order chi connectivity index (χ1) is 10.3. The Morgan fingerprint density at radius 1 is 1.36 bits per heavy atom. The lowest BCUT2D eigenvalue weighted by Gasteiger charge is -2.23. The van der Waals surface area contributed by atoms with Crippen molar-refractivity contribution < 1.29 is 22.4 Å². The van der Waals surface area contributed by atoms with E-state index in [-0.39, 0.29) is 13.1 Å². The second kappa shape index (κ2) is 6.41. The molecule has 22 heavy (non-hydrogen) atoms. The van der Waals surface area contributed by atoms with Crippen LogP contribution >= 0.6 is 0 Å². The lowest BCUT2D eigenvalue weighted by molar-refractivity contribution is -0.127. The van der Waals surface area contributed by atoms with Gasteiger partial charge < -0.3 is 11.1 Å². The highest BCUT2D eigenvalue weighted by Gasteiger charge is 2.40. The predicted molar refractivity (Wildman–Crippen MR) is 75.5 cm³/mol. The minimum absolute atomic E-state index is 0.116. The van der Waals surface area contributed by atoms with Gasteiger partial charge in [0.2, 0.25) is 21.8 Å². The summed E-state index contributed by atoms with van der Waals surface area (Å²) in [7, 11) is -4.12. The number of nitrogens with zero attached hydrogens (tertiary/aromatic N) is 1. The van der Waals surface area contributed by atoms with Gasteiger partial charge in [0.05, 0.1) is 6.54 Å². The van der Waals surface area contributed by atoms with E-state index in [9.17, 15) is 22.4 Å². The third-order valence-electron chi connectivity index (χ3n) is 3.37. The quantitative estimate of drug-likeness (QED) is 0.764. The number of hydrogen-bond acceptors (Lipinski definition) is 4. The van der Waals surface area contributed by atoms with Crippen molar-refractivity contribution in [1.29, 1.82) is 0 Å². The zero-order valence-electron chi connectivity index (χ0n) is 11.7. The molecule has 1 heterocycles. The van der Waals surface area contributed by atoms with E-state index in [0.717, 1.165) is 16.4 Å². The molecule has 3 N–H and O–H groups in total. The number of carbonyl (C=O) groups excluding carboxylic acids is 2. The molecule has 1 fully saturated rings. The Bertz CT molecular complexity index is 692. The first-order valence-electron chi connectivity index (χ1n) is 6.66. The normalized spacial score (nSPS) is 19.0. The molecule has 120 valence electrons.